The fourth-order valence-corrected chi connectivity index (χ4v) is 7.51. The monoisotopic (exact) mass is 746 g/mol. The molecule has 0 aromatic heterocycles. The molecule has 0 rings (SSSR count). The number of unbranched alkanes of at least 4 members (excludes halogenated alkanes) is 33. The maximum absolute atomic E-state index is 12.4. The van der Waals surface area contributed by atoms with E-state index in [0.717, 1.165) is 32.1 Å². The lowest BCUT2D eigenvalue weighted by Crippen LogP contribution is -2.45. The summed E-state index contributed by atoms with van der Waals surface area (Å²) in [4.78, 5) is 12.4. The van der Waals surface area contributed by atoms with Crippen molar-refractivity contribution in [3.05, 3.63) is 24.3 Å². The molecular weight excluding hydrogens is 651 g/mol. The zero-order chi connectivity index (χ0) is 38.6. The van der Waals surface area contributed by atoms with E-state index in [-0.39, 0.29) is 12.5 Å². The smallest absolute Gasteiger partial charge is 0.220 e. The molecule has 4 heteroatoms. The van der Waals surface area contributed by atoms with Gasteiger partial charge in [-0.15, -0.1) is 0 Å². The third kappa shape index (κ3) is 41.9. The molecule has 3 N–H and O–H groups in total. The number of rotatable bonds is 44. The van der Waals surface area contributed by atoms with Gasteiger partial charge in [0.25, 0.3) is 0 Å². The van der Waals surface area contributed by atoms with Crippen LogP contribution in [0.2, 0.25) is 0 Å². The second-order valence-corrected chi connectivity index (χ2v) is 16.5. The summed E-state index contributed by atoms with van der Waals surface area (Å²) in [7, 11) is 0. The van der Waals surface area contributed by atoms with Gasteiger partial charge in [-0.2, -0.15) is 0 Å². The first-order valence-corrected chi connectivity index (χ1v) is 24.0. The van der Waals surface area contributed by atoms with Gasteiger partial charge in [0, 0.05) is 6.42 Å². The van der Waals surface area contributed by atoms with Crippen LogP contribution in [0.3, 0.4) is 0 Å². The number of aliphatic hydroxyl groups excluding tert-OH is 2. The van der Waals surface area contributed by atoms with Crippen LogP contribution >= 0.6 is 0 Å². The Balaban J connectivity index is 3.44. The van der Waals surface area contributed by atoms with Gasteiger partial charge in [-0.1, -0.05) is 237 Å². The molecule has 0 aromatic rings. The van der Waals surface area contributed by atoms with Crippen molar-refractivity contribution in [2.45, 2.75) is 276 Å². The molecule has 53 heavy (non-hydrogen) atoms. The molecule has 2 atom stereocenters. The van der Waals surface area contributed by atoms with Crippen LogP contribution in [0.15, 0.2) is 24.3 Å². The minimum Gasteiger partial charge on any atom is -0.394 e. The lowest BCUT2D eigenvalue weighted by molar-refractivity contribution is -0.123. The second-order valence-electron chi connectivity index (χ2n) is 16.5. The highest BCUT2D eigenvalue weighted by Crippen LogP contribution is 2.16. The van der Waals surface area contributed by atoms with Crippen LogP contribution in [0.1, 0.15) is 264 Å². The molecule has 0 saturated carbocycles. The predicted molar refractivity (Wildman–Crippen MR) is 235 cm³/mol. The average molecular weight is 746 g/mol. The van der Waals surface area contributed by atoms with Crippen molar-refractivity contribution in [3.63, 3.8) is 0 Å². The van der Waals surface area contributed by atoms with Crippen molar-refractivity contribution in [1.82, 2.24) is 5.32 Å². The summed E-state index contributed by atoms with van der Waals surface area (Å²) in [6.45, 7) is 4.36. The molecule has 0 spiro atoms. The highest BCUT2D eigenvalue weighted by atomic mass is 16.3. The van der Waals surface area contributed by atoms with Crippen LogP contribution in [0.5, 0.6) is 0 Å². The Morgan fingerprint density at radius 1 is 0.453 bits per heavy atom. The van der Waals surface area contributed by atoms with E-state index in [1.807, 2.05) is 0 Å². The van der Waals surface area contributed by atoms with Crippen LogP contribution in [0, 0.1) is 0 Å². The second kappa shape index (κ2) is 45.3. The van der Waals surface area contributed by atoms with Crippen LogP contribution < -0.4 is 5.32 Å². The number of hydrogen-bond acceptors (Lipinski definition) is 3. The Kier molecular flexibility index (Phi) is 44.3. The first-order valence-electron chi connectivity index (χ1n) is 24.0. The lowest BCUT2D eigenvalue weighted by Gasteiger charge is -2.22. The van der Waals surface area contributed by atoms with Crippen molar-refractivity contribution >= 4 is 5.91 Å². The van der Waals surface area contributed by atoms with Gasteiger partial charge in [0.2, 0.25) is 5.91 Å². The van der Waals surface area contributed by atoms with E-state index in [4.69, 9.17) is 0 Å². The van der Waals surface area contributed by atoms with E-state index in [0.29, 0.717) is 12.8 Å². The summed E-state index contributed by atoms with van der Waals surface area (Å²) in [5, 5.41) is 23.1. The third-order valence-corrected chi connectivity index (χ3v) is 11.2. The highest BCUT2D eigenvalue weighted by Gasteiger charge is 2.20. The first kappa shape index (κ1) is 51.9. The van der Waals surface area contributed by atoms with E-state index >= 15 is 0 Å². The number of carbonyl (C=O) groups excluding carboxylic acids is 1. The van der Waals surface area contributed by atoms with Crippen LogP contribution in [-0.2, 0) is 4.79 Å². The number of allylic oxidation sites excluding steroid dienone is 4. The SMILES string of the molecule is CCCCCCCCCCC/C=C\C/C=C\CCCCCCCCCCCCCCCC(=O)NC(CO)C(O)CCCCCCCCCCCCCC. The molecule has 1 amide bonds. The number of nitrogens with one attached hydrogen (secondary N) is 1. The van der Waals surface area contributed by atoms with Crippen molar-refractivity contribution < 1.29 is 15.0 Å². The van der Waals surface area contributed by atoms with E-state index in [1.165, 1.54) is 205 Å². The molecule has 0 radical (unpaired) electrons. The predicted octanol–water partition coefficient (Wildman–Crippen LogP) is 15.2. The topological polar surface area (TPSA) is 69.6 Å². The Bertz CT molecular complexity index is 765. The minimum absolute atomic E-state index is 0.0308. The summed E-state index contributed by atoms with van der Waals surface area (Å²) in [6.07, 6.45) is 58.5. The molecule has 0 heterocycles. The summed E-state index contributed by atoms with van der Waals surface area (Å²) >= 11 is 0. The fraction of sp³-hybridized carbons (Fsp3) is 0.898. The molecular formula is C49H95NO3. The zero-order valence-electron chi connectivity index (χ0n) is 36.1. The molecule has 0 aliphatic rings. The standard InChI is InChI=1S/C49H95NO3/c1-3-5-7-9-11-13-15-17-18-19-20-21-22-23-24-25-26-27-28-29-30-31-32-33-35-37-39-41-43-45-49(53)50-47(46-51)48(52)44-42-40-38-36-34-16-14-12-10-8-6-4-2/h20-21,23-24,47-48,51-52H,3-19,22,25-46H2,1-2H3,(H,50,53)/b21-20-,24-23-. The lowest BCUT2D eigenvalue weighted by atomic mass is 10.0. The van der Waals surface area contributed by atoms with Crippen LogP contribution in [-0.4, -0.2) is 34.9 Å². The van der Waals surface area contributed by atoms with Crippen LogP contribution in [0.25, 0.3) is 0 Å². The van der Waals surface area contributed by atoms with Gasteiger partial charge in [-0.05, 0) is 44.9 Å². The van der Waals surface area contributed by atoms with Crippen molar-refractivity contribution in [2.75, 3.05) is 6.61 Å². The quantitative estimate of drug-likeness (QED) is 0.0430. The van der Waals surface area contributed by atoms with Crippen molar-refractivity contribution in [2.24, 2.45) is 0 Å². The van der Waals surface area contributed by atoms with Gasteiger partial charge in [0.15, 0.2) is 0 Å². The third-order valence-electron chi connectivity index (χ3n) is 11.2. The maximum atomic E-state index is 12.4. The van der Waals surface area contributed by atoms with Gasteiger partial charge in [-0.3, -0.25) is 4.79 Å². The summed E-state index contributed by atoms with van der Waals surface area (Å²) in [5.74, 6) is -0.0308. The van der Waals surface area contributed by atoms with Gasteiger partial charge in [-0.25, -0.2) is 0 Å². The summed E-state index contributed by atoms with van der Waals surface area (Å²) < 4.78 is 0. The summed E-state index contributed by atoms with van der Waals surface area (Å²) in [6, 6.07) is -0.533. The van der Waals surface area contributed by atoms with Crippen molar-refractivity contribution in [3.8, 4) is 0 Å². The van der Waals surface area contributed by atoms with Gasteiger partial charge in [0.1, 0.15) is 0 Å². The van der Waals surface area contributed by atoms with Gasteiger partial charge >= 0.3 is 0 Å². The Hall–Kier alpha value is -1.13. The van der Waals surface area contributed by atoms with E-state index in [2.05, 4.69) is 43.5 Å². The fourth-order valence-electron chi connectivity index (χ4n) is 7.51. The molecule has 0 aromatic carbocycles. The summed E-state index contributed by atoms with van der Waals surface area (Å²) in [5.41, 5.74) is 0. The molecule has 314 valence electrons. The van der Waals surface area contributed by atoms with E-state index in [9.17, 15) is 15.0 Å². The number of hydrogen-bond donors (Lipinski definition) is 3. The van der Waals surface area contributed by atoms with E-state index in [1.54, 1.807) is 0 Å². The Morgan fingerprint density at radius 3 is 1.13 bits per heavy atom. The number of aliphatic hydroxyl groups is 2. The normalized spacial score (nSPS) is 13.1. The molecule has 0 bridgehead atoms. The molecule has 0 fully saturated rings. The highest BCUT2D eigenvalue weighted by molar-refractivity contribution is 5.76. The molecule has 4 nitrogen and oxygen atoms in total. The number of carbonyl (C=O) groups is 1. The van der Waals surface area contributed by atoms with Gasteiger partial charge in [0.05, 0.1) is 18.8 Å². The average Bonchev–Trinajstić information content (AvgIpc) is 3.16. The molecule has 2 unspecified atom stereocenters. The van der Waals surface area contributed by atoms with E-state index < -0.39 is 12.1 Å². The maximum Gasteiger partial charge on any atom is 0.220 e. The Morgan fingerprint density at radius 2 is 0.774 bits per heavy atom. The van der Waals surface area contributed by atoms with Crippen LogP contribution in [0.4, 0.5) is 0 Å². The Labute approximate surface area is 332 Å². The molecule has 0 aliphatic heterocycles. The van der Waals surface area contributed by atoms with Crippen molar-refractivity contribution in [1.29, 1.82) is 0 Å². The molecule has 0 saturated heterocycles. The minimum atomic E-state index is -0.656. The largest absolute Gasteiger partial charge is 0.394 e. The molecule has 0 aliphatic carbocycles. The first-order chi connectivity index (χ1) is 26.2. The zero-order valence-corrected chi connectivity index (χ0v) is 36.1. The van der Waals surface area contributed by atoms with Gasteiger partial charge < -0.3 is 15.5 Å². The number of amides is 1.